The number of carbonyl (C=O) groups excluding carboxylic acids is 1. The Labute approximate surface area is 156 Å². The van der Waals surface area contributed by atoms with Gasteiger partial charge in [0, 0.05) is 39.3 Å². The van der Waals surface area contributed by atoms with Crippen molar-refractivity contribution in [3.8, 4) is 0 Å². The fraction of sp³-hybridized carbons (Fsp3) is 0.412. The molecule has 2 aromatic rings. The second kappa shape index (κ2) is 11.9. The van der Waals surface area contributed by atoms with Crippen LogP contribution in [0.2, 0.25) is 0 Å². The van der Waals surface area contributed by atoms with Crippen LogP contribution in [0.3, 0.4) is 0 Å². The Bertz CT molecular complexity index is 589. The molecule has 0 aliphatic heterocycles. The lowest BCUT2D eigenvalue weighted by atomic mass is 10.1. The lowest BCUT2D eigenvalue weighted by Crippen LogP contribution is -2.37. The molecule has 1 heterocycles. The van der Waals surface area contributed by atoms with Gasteiger partial charge in [0.25, 0.3) is 0 Å². The number of carbonyl (C=O) groups is 1. The zero-order chi connectivity index (χ0) is 15.8. The Balaban J connectivity index is 0.00000264. The van der Waals surface area contributed by atoms with E-state index in [0.29, 0.717) is 26.1 Å². The first-order valence-electron chi connectivity index (χ1n) is 7.68. The van der Waals surface area contributed by atoms with Gasteiger partial charge in [-0.1, -0.05) is 30.3 Å². The Kier molecular flexibility index (Phi) is 11.1. The van der Waals surface area contributed by atoms with Gasteiger partial charge in [-0.3, -0.25) is 9.48 Å². The zero-order valence-corrected chi connectivity index (χ0v) is 15.6. The minimum atomic E-state index is 0. The van der Waals surface area contributed by atoms with Crippen LogP contribution in [0.1, 0.15) is 17.5 Å². The Morgan fingerprint density at radius 1 is 1.12 bits per heavy atom. The molecule has 24 heavy (non-hydrogen) atoms. The van der Waals surface area contributed by atoms with Crippen molar-refractivity contribution < 1.29 is 4.79 Å². The number of aryl methyl sites for hydroxylation is 2. The van der Waals surface area contributed by atoms with Gasteiger partial charge in [0.15, 0.2) is 0 Å². The number of rotatable bonds is 8. The molecule has 1 amide bonds. The predicted octanol–water partition coefficient (Wildman–Crippen LogP) is 2.23. The maximum Gasteiger partial charge on any atom is 0.222 e. The van der Waals surface area contributed by atoms with Crippen LogP contribution in [0.5, 0.6) is 0 Å². The van der Waals surface area contributed by atoms with Crippen molar-refractivity contribution >= 4 is 30.7 Å². The number of nitrogens with zero attached hydrogens (tertiary/aromatic N) is 3. The Morgan fingerprint density at radius 2 is 1.83 bits per heavy atom. The third-order valence-corrected chi connectivity index (χ3v) is 3.65. The number of halogens is 2. The van der Waals surface area contributed by atoms with Crippen molar-refractivity contribution in [3.05, 3.63) is 53.9 Å². The van der Waals surface area contributed by atoms with Crippen molar-refractivity contribution in [2.75, 3.05) is 19.6 Å². The minimum Gasteiger partial charge on any atom is -0.341 e. The zero-order valence-electron chi connectivity index (χ0n) is 13.9. The topological polar surface area (TPSA) is 64.2 Å². The Hall–Kier alpha value is -1.56. The van der Waals surface area contributed by atoms with Gasteiger partial charge in [-0.15, -0.1) is 24.8 Å². The van der Waals surface area contributed by atoms with Gasteiger partial charge in [0.1, 0.15) is 0 Å². The van der Waals surface area contributed by atoms with Gasteiger partial charge in [-0.2, -0.15) is 5.10 Å². The molecule has 0 saturated heterocycles. The van der Waals surface area contributed by atoms with Crippen LogP contribution in [0, 0.1) is 0 Å². The molecule has 0 bridgehead atoms. The van der Waals surface area contributed by atoms with E-state index in [4.69, 9.17) is 5.73 Å². The first kappa shape index (κ1) is 22.4. The summed E-state index contributed by atoms with van der Waals surface area (Å²) in [7, 11) is 1.88. The van der Waals surface area contributed by atoms with Gasteiger partial charge < -0.3 is 10.6 Å². The van der Waals surface area contributed by atoms with E-state index >= 15 is 0 Å². The molecule has 0 saturated carbocycles. The first-order chi connectivity index (χ1) is 10.7. The van der Waals surface area contributed by atoms with E-state index in [9.17, 15) is 4.79 Å². The summed E-state index contributed by atoms with van der Waals surface area (Å²) in [6.45, 7) is 1.82. The van der Waals surface area contributed by atoms with Crippen LogP contribution < -0.4 is 5.73 Å². The third-order valence-electron chi connectivity index (χ3n) is 3.65. The normalized spacial score (nSPS) is 9.75. The number of hydrogen-bond donors (Lipinski definition) is 1. The van der Waals surface area contributed by atoms with Gasteiger partial charge in [-0.25, -0.2) is 0 Å². The summed E-state index contributed by atoms with van der Waals surface area (Å²) in [4.78, 5) is 14.2. The minimum absolute atomic E-state index is 0. The molecule has 0 aliphatic carbocycles. The molecule has 0 aliphatic rings. The molecule has 0 unspecified atom stereocenters. The maximum atomic E-state index is 12.4. The van der Waals surface area contributed by atoms with Gasteiger partial charge in [-0.05, 0) is 24.0 Å². The standard InChI is InChI=1S/C17H24N4O.2ClH/c1-20-14-16(13-19-20)7-8-17(22)21(12-10-18)11-9-15-5-3-2-4-6-15;;/h2-6,13-14H,7-12,18H2,1H3;2*1H. The third kappa shape index (κ3) is 7.34. The maximum absolute atomic E-state index is 12.4. The van der Waals surface area contributed by atoms with Crippen LogP contribution in [-0.2, 0) is 24.7 Å². The summed E-state index contributed by atoms with van der Waals surface area (Å²) >= 11 is 0. The van der Waals surface area contributed by atoms with Crippen LogP contribution in [0.4, 0.5) is 0 Å². The summed E-state index contributed by atoms with van der Waals surface area (Å²) in [6, 6.07) is 10.2. The Morgan fingerprint density at radius 3 is 2.42 bits per heavy atom. The van der Waals surface area contributed by atoms with Crippen molar-refractivity contribution in [2.45, 2.75) is 19.3 Å². The monoisotopic (exact) mass is 372 g/mol. The molecule has 0 fully saturated rings. The van der Waals surface area contributed by atoms with Gasteiger partial charge in [0.05, 0.1) is 6.20 Å². The molecule has 1 aromatic carbocycles. The summed E-state index contributed by atoms with van der Waals surface area (Å²) in [5.74, 6) is 0.158. The van der Waals surface area contributed by atoms with Crippen molar-refractivity contribution in [2.24, 2.45) is 12.8 Å². The largest absolute Gasteiger partial charge is 0.341 e. The lowest BCUT2D eigenvalue weighted by Gasteiger charge is -2.22. The van der Waals surface area contributed by atoms with E-state index in [1.165, 1.54) is 5.56 Å². The lowest BCUT2D eigenvalue weighted by molar-refractivity contribution is -0.131. The fourth-order valence-corrected chi connectivity index (χ4v) is 2.44. The van der Waals surface area contributed by atoms with Crippen molar-refractivity contribution in [1.29, 1.82) is 0 Å². The highest BCUT2D eigenvalue weighted by Gasteiger charge is 2.13. The molecule has 0 radical (unpaired) electrons. The van der Waals surface area contributed by atoms with E-state index in [1.807, 2.05) is 42.5 Å². The first-order valence-corrected chi connectivity index (χ1v) is 7.68. The molecule has 7 heteroatoms. The fourth-order valence-electron chi connectivity index (χ4n) is 2.44. The molecule has 1 aromatic heterocycles. The average molecular weight is 373 g/mol. The second-order valence-corrected chi connectivity index (χ2v) is 5.43. The molecule has 2 N–H and O–H groups in total. The van der Waals surface area contributed by atoms with E-state index in [-0.39, 0.29) is 30.7 Å². The number of nitrogens with two attached hydrogens (primary N) is 1. The highest BCUT2D eigenvalue weighted by Crippen LogP contribution is 2.06. The van der Waals surface area contributed by atoms with Crippen LogP contribution >= 0.6 is 24.8 Å². The summed E-state index contributed by atoms with van der Waals surface area (Å²) < 4.78 is 1.76. The second-order valence-electron chi connectivity index (χ2n) is 5.43. The summed E-state index contributed by atoms with van der Waals surface area (Å²) in [6.07, 6.45) is 5.84. The quantitative estimate of drug-likeness (QED) is 0.772. The molecule has 0 atom stereocenters. The number of hydrogen-bond acceptors (Lipinski definition) is 3. The summed E-state index contributed by atoms with van der Waals surface area (Å²) in [5, 5.41) is 4.12. The molecule has 0 spiro atoms. The van der Waals surface area contributed by atoms with E-state index in [2.05, 4.69) is 17.2 Å². The molecule has 134 valence electrons. The number of aromatic nitrogens is 2. The number of amides is 1. The van der Waals surface area contributed by atoms with Gasteiger partial charge in [0.2, 0.25) is 5.91 Å². The summed E-state index contributed by atoms with van der Waals surface area (Å²) in [5.41, 5.74) is 7.97. The molecular formula is C17H26Cl2N4O. The SMILES string of the molecule is Cl.Cl.Cn1cc(CCC(=O)N(CCN)CCc2ccccc2)cn1. The number of benzene rings is 1. The smallest absolute Gasteiger partial charge is 0.222 e. The molecule has 2 rings (SSSR count). The van der Waals surface area contributed by atoms with E-state index < -0.39 is 0 Å². The molecule has 5 nitrogen and oxygen atoms in total. The van der Waals surface area contributed by atoms with Gasteiger partial charge >= 0.3 is 0 Å². The van der Waals surface area contributed by atoms with Crippen LogP contribution in [0.25, 0.3) is 0 Å². The van der Waals surface area contributed by atoms with E-state index in [0.717, 1.165) is 18.4 Å². The van der Waals surface area contributed by atoms with E-state index in [1.54, 1.807) is 4.68 Å². The van der Waals surface area contributed by atoms with Crippen LogP contribution in [-0.4, -0.2) is 40.2 Å². The van der Waals surface area contributed by atoms with Crippen molar-refractivity contribution in [1.82, 2.24) is 14.7 Å². The van der Waals surface area contributed by atoms with Crippen molar-refractivity contribution in [3.63, 3.8) is 0 Å². The molecular weight excluding hydrogens is 347 g/mol. The van der Waals surface area contributed by atoms with Crippen LogP contribution in [0.15, 0.2) is 42.7 Å². The highest BCUT2D eigenvalue weighted by molar-refractivity contribution is 5.85. The average Bonchev–Trinajstić information content (AvgIpc) is 2.95. The highest BCUT2D eigenvalue weighted by atomic mass is 35.5. The predicted molar refractivity (Wildman–Crippen MR) is 102 cm³/mol.